The van der Waals surface area contributed by atoms with Crippen molar-refractivity contribution in [3.63, 3.8) is 0 Å². The summed E-state index contributed by atoms with van der Waals surface area (Å²) in [5.74, 6) is -0.439. The summed E-state index contributed by atoms with van der Waals surface area (Å²) >= 11 is 0. The average Bonchev–Trinajstić information content (AvgIpc) is 3.44. The highest BCUT2D eigenvalue weighted by Crippen LogP contribution is 2.26. The van der Waals surface area contributed by atoms with Gasteiger partial charge < -0.3 is 19.5 Å². The van der Waals surface area contributed by atoms with Crippen molar-refractivity contribution in [3.05, 3.63) is 84.2 Å². The number of hydrogen-bond acceptors (Lipinski definition) is 5. The number of benzene rings is 2. The number of anilines is 1. The van der Waals surface area contributed by atoms with Crippen molar-refractivity contribution in [2.75, 3.05) is 31.6 Å². The van der Waals surface area contributed by atoms with Crippen LogP contribution in [0.3, 0.4) is 0 Å². The second-order valence-electron chi connectivity index (χ2n) is 11.0. The molecule has 1 aliphatic carbocycles. The zero-order valence-corrected chi connectivity index (χ0v) is 26.1. The summed E-state index contributed by atoms with van der Waals surface area (Å²) in [6.45, 7) is 5.25. The van der Waals surface area contributed by atoms with Crippen LogP contribution in [0.25, 0.3) is 0 Å². The van der Waals surface area contributed by atoms with Crippen LogP contribution in [0.5, 0.6) is 0 Å². The van der Waals surface area contributed by atoms with Gasteiger partial charge >= 0.3 is 0 Å². The van der Waals surface area contributed by atoms with E-state index in [1.807, 2.05) is 48.4 Å². The van der Waals surface area contributed by atoms with E-state index in [0.29, 0.717) is 38.4 Å². The van der Waals surface area contributed by atoms with Crippen molar-refractivity contribution < 1.29 is 22.7 Å². The van der Waals surface area contributed by atoms with Crippen molar-refractivity contribution in [3.8, 4) is 0 Å². The van der Waals surface area contributed by atoms with Gasteiger partial charge in [-0.1, -0.05) is 49.6 Å². The Morgan fingerprint density at radius 2 is 1.70 bits per heavy atom. The molecule has 1 fully saturated rings. The molecule has 0 saturated heterocycles. The molecule has 3 aromatic rings. The van der Waals surface area contributed by atoms with Gasteiger partial charge in [-0.2, -0.15) is 4.31 Å². The van der Waals surface area contributed by atoms with E-state index in [1.54, 1.807) is 12.1 Å². The number of nitrogens with one attached hydrogen (secondary N) is 1. The monoisotopic (exact) mass is 608 g/mol. The third kappa shape index (κ3) is 9.26. The highest BCUT2D eigenvalue weighted by atomic mass is 32.2. The highest BCUT2D eigenvalue weighted by molar-refractivity contribution is 7.89. The third-order valence-corrected chi connectivity index (χ3v) is 9.67. The first kappa shape index (κ1) is 32.4. The van der Waals surface area contributed by atoms with E-state index >= 15 is 0 Å². The second kappa shape index (κ2) is 15.8. The van der Waals surface area contributed by atoms with Gasteiger partial charge in [-0.25, -0.2) is 8.42 Å². The standard InChI is InChI=1S/C33H44N4O5S/c1-3-42-23-11-22-36(43(40,41)32-19-17-29(18-20-32)34-27(2)38)26-33(39)37(30-14-8-5-9-15-30)25-31-16-10-21-35(31)24-28-12-6-4-7-13-28/h4,6-7,10,12-13,16-21,30H,3,5,8-9,11,14-15,22-26H2,1-2H3,(H,34,38). The number of carbonyl (C=O) groups excluding carboxylic acids is 2. The molecular formula is C33H44N4O5S. The number of sulfonamides is 1. The molecule has 0 unspecified atom stereocenters. The molecule has 0 bridgehead atoms. The average molecular weight is 609 g/mol. The van der Waals surface area contributed by atoms with Crippen LogP contribution in [-0.4, -0.2) is 66.3 Å². The number of aromatic nitrogens is 1. The molecule has 1 aromatic heterocycles. The minimum absolute atomic E-state index is 0.0613. The molecule has 1 aliphatic rings. The maximum atomic E-state index is 14.1. The third-order valence-electron chi connectivity index (χ3n) is 7.81. The van der Waals surface area contributed by atoms with Gasteiger partial charge in [-0.3, -0.25) is 9.59 Å². The number of rotatable bonds is 15. The summed E-state index contributed by atoms with van der Waals surface area (Å²) in [6.07, 6.45) is 7.57. The van der Waals surface area contributed by atoms with Gasteiger partial charge in [0, 0.05) is 56.8 Å². The van der Waals surface area contributed by atoms with Crippen molar-refractivity contribution in [2.24, 2.45) is 0 Å². The van der Waals surface area contributed by atoms with Crippen molar-refractivity contribution in [1.82, 2.24) is 13.8 Å². The van der Waals surface area contributed by atoms with Crippen LogP contribution in [0, 0.1) is 0 Å². The Balaban J connectivity index is 1.57. The molecule has 4 rings (SSSR count). The summed E-state index contributed by atoms with van der Waals surface area (Å²) in [6, 6.07) is 20.4. The highest BCUT2D eigenvalue weighted by Gasteiger charge is 2.32. The molecule has 0 spiro atoms. The summed E-state index contributed by atoms with van der Waals surface area (Å²) < 4.78 is 36.6. The summed E-state index contributed by atoms with van der Waals surface area (Å²) in [5.41, 5.74) is 2.70. The van der Waals surface area contributed by atoms with Crippen molar-refractivity contribution in [2.45, 2.75) is 76.4 Å². The van der Waals surface area contributed by atoms with E-state index in [1.165, 1.54) is 28.9 Å². The fourth-order valence-corrected chi connectivity index (χ4v) is 7.02. The molecule has 43 heavy (non-hydrogen) atoms. The zero-order chi connectivity index (χ0) is 30.7. The zero-order valence-electron chi connectivity index (χ0n) is 25.3. The van der Waals surface area contributed by atoms with Crippen LogP contribution < -0.4 is 5.32 Å². The molecule has 9 nitrogen and oxygen atoms in total. The summed E-state index contributed by atoms with van der Waals surface area (Å²) in [5, 5.41) is 2.66. The lowest BCUT2D eigenvalue weighted by molar-refractivity contribution is -0.135. The van der Waals surface area contributed by atoms with Crippen LogP contribution in [0.15, 0.2) is 77.8 Å². The Morgan fingerprint density at radius 1 is 0.977 bits per heavy atom. The Bertz CT molecular complexity index is 1420. The van der Waals surface area contributed by atoms with E-state index in [2.05, 4.69) is 22.0 Å². The summed E-state index contributed by atoms with van der Waals surface area (Å²) in [4.78, 5) is 27.5. The number of carbonyl (C=O) groups is 2. The van der Waals surface area contributed by atoms with Gasteiger partial charge in [-0.05, 0) is 68.1 Å². The smallest absolute Gasteiger partial charge is 0.243 e. The minimum Gasteiger partial charge on any atom is -0.382 e. The van der Waals surface area contributed by atoms with Gasteiger partial charge in [0.25, 0.3) is 0 Å². The lowest BCUT2D eigenvalue weighted by atomic mass is 9.94. The van der Waals surface area contributed by atoms with E-state index in [-0.39, 0.29) is 35.8 Å². The normalized spacial score (nSPS) is 14.1. The molecule has 232 valence electrons. The Kier molecular flexibility index (Phi) is 12.0. The van der Waals surface area contributed by atoms with Crippen LogP contribution >= 0.6 is 0 Å². The first-order valence-electron chi connectivity index (χ1n) is 15.2. The van der Waals surface area contributed by atoms with Crippen LogP contribution in [0.2, 0.25) is 0 Å². The predicted molar refractivity (Wildman–Crippen MR) is 168 cm³/mol. The second-order valence-corrected chi connectivity index (χ2v) is 13.0. The van der Waals surface area contributed by atoms with Gasteiger partial charge in [0.05, 0.1) is 18.0 Å². The quantitative estimate of drug-likeness (QED) is 0.237. The number of amides is 2. The molecule has 1 heterocycles. The number of nitrogens with zero attached hydrogens (tertiary/aromatic N) is 3. The largest absolute Gasteiger partial charge is 0.382 e. The maximum Gasteiger partial charge on any atom is 0.243 e. The number of ether oxygens (including phenoxy) is 1. The van der Waals surface area contributed by atoms with E-state index in [0.717, 1.165) is 37.8 Å². The van der Waals surface area contributed by atoms with E-state index in [9.17, 15) is 18.0 Å². The number of hydrogen-bond donors (Lipinski definition) is 1. The first-order chi connectivity index (χ1) is 20.8. The Labute approximate surface area is 255 Å². The lowest BCUT2D eigenvalue weighted by Crippen LogP contribution is -2.47. The molecule has 0 radical (unpaired) electrons. The minimum atomic E-state index is -3.99. The first-order valence-corrected chi connectivity index (χ1v) is 16.6. The van der Waals surface area contributed by atoms with Crippen LogP contribution in [0.1, 0.15) is 63.6 Å². The van der Waals surface area contributed by atoms with Gasteiger partial charge in [0.15, 0.2) is 0 Å². The fraction of sp³-hybridized carbons (Fsp3) is 0.455. The molecule has 1 saturated carbocycles. The fourth-order valence-electron chi connectivity index (χ4n) is 5.59. The van der Waals surface area contributed by atoms with Crippen molar-refractivity contribution >= 4 is 27.5 Å². The molecule has 2 amide bonds. The van der Waals surface area contributed by atoms with Gasteiger partial charge in [0.2, 0.25) is 21.8 Å². The molecular weight excluding hydrogens is 564 g/mol. The Morgan fingerprint density at radius 3 is 2.37 bits per heavy atom. The molecule has 1 N–H and O–H groups in total. The molecule has 0 aliphatic heterocycles. The Hall–Kier alpha value is -3.47. The molecule has 0 atom stereocenters. The SMILES string of the molecule is CCOCCCN(CC(=O)N(Cc1cccn1Cc1ccccc1)C1CCCCC1)S(=O)(=O)c1ccc(NC(C)=O)cc1. The lowest BCUT2D eigenvalue weighted by Gasteiger charge is -2.36. The summed E-state index contributed by atoms with van der Waals surface area (Å²) in [7, 11) is -3.99. The topological polar surface area (TPSA) is 101 Å². The van der Waals surface area contributed by atoms with E-state index < -0.39 is 10.0 Å². The predicted octanol–water partition coefficient (Wildman–Crippen LogP) is 5.27. The molecule has 2 aromatic carbocycles. The molecule has 10 heteroatoms. The maximum absolute atomic E-state index is 14.1. The van der Waals surface area contributed by atoms with Gasteiger partial charge in [0.1, 0.15) is 0 Å². The van der Waals surface area contributed by atoms with Crippen molar-refractivity contribution in [1.29, 1.82) is 0 Å². The van der Waals surface area contributed by atoms with Crippen LogP contribution in [0.4, 0.5) is 5.69 Å². The van der Waals surface area contributed by atoms with E-state index in [4.69, 9.17) is 4.74 Å². The van der Waals surface area contributed by atoms with Gasteiger partial charge in [-0.15, -0.1) is 0 Å². The van der Waals surface area contributed by atoms with Crippen LogP contribution in [-0.2, 0) is 37.4 Å².